The van der Waals surface area contributed by atoms with Crippen LogP contribution in [0.25, 0.3) is 0 Å². The van der Waals surface area contributed by atoms with Gasteiger partial charge in [0.1, 0.15) is 12.2 Å². The van der Waals surface area contributed by atoms with Crippen LogP contribution in [0.3, 0.4) is 0 Å². The molecular weight excluding hydrogens is 524 g/mol. The lowest BCUT2D eigenvalue weighted by Crippen LogP contribution is -2.65. The minimum absolute atomic E-state index is 0.129. The predicted octanol–water partition coefficient (Wildman–Crippen LogP) is -0.792. The molecule has 3 rings (SSSR count). The Morgan fingerprint density at radius 2 is 1.33 bits per heavy atom. The van der Waals surface area contributed by atoms with Crippen molar-refractivity contribution in [3.8, 4) is 0 Å². The van der Waals surface area contributed by atoms with Crippen LogP contribution in [0.2, 0.25) is 0 Å². The van der Waals surface area contributed by atoms with E-state index in [0.29, 0.717) is 0 Å². The van der Waals surface area contributed by atoms with Gasteiger partial charge in [-0.2, -0.15) is 0 Å². The predicted molar refractivity (Wildman–Crippen MR) is 125 cm³/mol. The van der Waals surface area contributed by atoms with Crippen molar-refractivity contribution in [2.45, 2.75) is 89.1 Å². The minimum Gasteiger partial charge on any atom is -0.456 e. The third-order valence-corrected chi connectivity index (χ3v) is 5.99. The smallest absolute Gasteiger partial charge is 0.338 e. The van der Waals surface area contributed by atoms with Crippen LogP contribution in [0.1, 0.15) is 38.1 Å². The standard InChI is InChI=1S/C25H32O14/c1-11-18(34-12(2)27)20(35-13(3)28)22(36-14(4)29)25(33-11)39-21-19(17(30)16(10-26)37-24(21)32)38-23(31)15-8-6-5-7-9-15/h5-9,11,16-22,24-26,30,32H,10H2,1-4H3/t11-,16+,17+,18-,19-,20+,21+,22+,24+,25-/m0/s1. The Bertz CT molecular complexity index is 1020. The van der Waals surface area contributed by atoms with E-state index in [9.17, 15) is 34.5 Å². The van der Waals surface area contributed by atoms with E-state index in [0.717, 1.165) is 20.8 Å². The van der Waals surface area contributed by atoms with Crippen LogP contribution in [-0.4, -0.2) is 107 Å². The zero-order chi connectivity index (χ0) is 28.9. The zero-order valence-electron chi connectivity index (χ0n) is 21.7. The van der Waals surface area contributed by atoms with E-state index < -0.39 is 91.9 Å². The molecule has 10 atom stereocenters. The van der Waals surface area contributed by atoms with Gasteiger partial charge in [-0.05, 0) is 19.1 Å². The van der Waals surface area contributed by atoms with Gasteiger partial charge in [-0.3, -0.25) is 14.4 Å². The second-order valence-corrected chi connectivity index (χ2v) is 9.01. The van der Waals surface area contributed by atoms with E-state index in [2.05, 4.69) is 0 Å². The van der Waals surface area contributed by atoms with E-state index in [-0.39, 0.29) is 5.56 Å². The van der Waals surface area contributed by atoms with Crippen LogP contribution in [-0.2, 0) is 47.5 Å². The van der Waals surface area contributed by atoms with Gasteiger partial charge in [-0.25, -0.2) is 4.79 Å². The number of ether oxygens (including phenoxy) is 7. The van der Waals surface area contributed by atoms with Gasteiger partial charge >= 0.3 is 23.9 Å². The van der Waals surface area contributed by atoms with Crippen molar-refractivity contribution in [2.24, 2.45) is 0 Å². The Hall–Kier alpha value is -3.14. The number of carbonyl (C=O) groups is 4. The Morgan fingerprint density at radius 1 is 0.769 bits per heavy atom. The van der Waals surface area contributed by atoms with Crippen LogP contribution < -0.4 is 0 Å². The highest BCUT2D eigenvalue weighted by molar-refractivity contribution is 5.89. The SMILES string of the molecule is CC(=O)O[C@@H]1[C@@H](OC(C)=O)[C@H](C)O[C@@H](O[C@@H]2[C@@H](OC(=O)c3ccccc3)[C@H](O)[C@@H](CO)O[C@H]2O)[C@@H]1OC(C)=O. The molecular formula is C25H32O14. The number of hydrogen-bond donors (Lipinski definition) is 3. The molecule has 216 valence electrons. The first kappa shape index (κ1) is 30.4. The average Bonchev–Trinajstić information content (AvgIpc) is 2.87. The Kier molecular flexibility index (Phi) is 10.4. The molecule has 1 aromatic rings. The molecule has 0 aromatic heterocycles. The highest BCUT2D eigenvalue weighted by Crippen LogP contribution is 2.33. The van der Waals surface area contributed by atoms with Gasteiger partial charge in [-0.15, -0.1) is 0 Å². The summed E-state index contributed by atoms with van der Waals surface area (Å²) in [6.45, 7) is 4.04. The van der Waals surface area contributed by atoms with Gasteiger partial charge < -0.3 is 48.5 Å². The van der Waals surface area contributed by atoms with E-state index in [1.807, 2.05) is 0 Å². The molecule has 0 amide bonds. The highest BCUT2D eigenvalue weighted by Gasteiger charge is 2.55. The summed E-state index contributed by atoms with van der Waals surface area (Å²) >= 11 is 0. The first-order valence-electron chi connectivity index (χ1n) is 12.1. The van der Waals surface area contributed by atoms with Crippen LogP contribution in [0.4, 0.5) is 0 Å². The number of aliphatic hydroxyl groups is 3. The molecule has 0 saturated carbocycles. The Balaban J connectivity index is 1.94. The van der Waals surface area contributed by atoms with Crippen LogP contribution in [0, 0.1) is 0 Å². The van der Waals surface area contributed by atoms with Crippen LogP contribution in [0.5, 0.6) is 0 Å². The summed E-state index contributed by atoms with van der Waals surface area (Å²) in [5.74, 6) is -3.23. The van der Waals surface area contributed by atoms with Crippen LogP contribution >= 0.6 is 0 Å². The second kappa shape index (κ2) is 13.3. The molecule has 0 unspecified atom stereocenters. The number of esters is 4. The molecule has 0 bridgehead atoms. The molecule has 39 heavy (non-hydrogen) atoms. The first-order valence-corrected chi connectivity index (χ1v) is 12.1. The topological polar surface area (TPSA) is 194 Å². The molecule has 2 aliphatic rings. The third-order valence-electron chi connectivity index (χ3n) is 5.99. The highest BCUT2D eigenvalue weighted by atomic mass is 16.8. The molecule has 2 aliphatic heterocycles. The maximum atomic E-state index is 12.8. The normalized spacial score (nSPS) is 34.4. The van der Waals surface area contributed by atoms with Crippen molar-refractivity contribution in [3.05, 3.63) is 35.9 Å². The van der Waals surface area contributed by atoms with Gasteiger partial charge in [0, 0.05) is 20.8 Å². The fourth-order valence-electron chi connectivity index (χ4n) is 4.34. The van der Waals surface area contributed by atoms with Crippen molar-refractivity contribution in [2.75, 3.05) is 6.61 Å². The Labute approximate surface area is 223 Å². The maximum Gasteiger partial charge on any atom is 0.338 e. The van der Waals surface area contributed by atoms with Gasteiger partial charge in [0.25, 0.3) is 0 Å². The van der Waals surface area contributed by atoms with Crippen molar-refractivity contribution in [1.29, 1.82) is 0 Å². The molecule has 2 fully saturated rings. The summed E-state index contributed by atoms with van der Waals surface area (Å²) in [7, 11) is 0. The van der Waals surface area contributed by atoms with E-state index in [1.54, 1.807) is 18.2 Å². The van der Waals surface area contributed by atoms with Crippen molar-refractivity contribution in [3.63, 3.8) is 0 Å². The summed E-state index contributed by atoms with van der Waals surface area (Å²) in [5.41, 5.74) is 0.129. The average molecular weight is 557 g/mol. The number of carbonyl (C=O) groups excluding carboxylic acids is 4. The van der Waals surface area contributed by atoms with Gasteiger partial charge in [0.15, 0.2) is 43.1 Å². The lowest BCUT2D eigenvalue weighted by molar-refractivity contribution is -0.359. The van der Waals surface area contributed by atoms with Gasteiger partial charge in [0.2, 0.25) is 0 Å². The van der Waals surface area contributed by atoms with Gasteiger partial charge in [0.05, 0.1) is 18.3 Å². The number of hydrogen-bond acceptors (Lipinski definition) is 14. The largest absolute Gasteiger partial charge is 0.456 e. The molecule has 14 heteroatoms. The Morgan fingerprint density at radius 3 is 1.90 bits per heavy atom. The van der Waals surface area contributed by atoms with Gasteiger partial charge in [-0.1, -0.05) is 18.2 Å². The lowest BCUT2D eigenvalue weighted by Gasteiger charge is -2.47. The molecule has 0 aliphatic carbocycles. The van der Waals surface area contributed by atoms with E-state index >= 15 is 0 Å². The van der Waals surface area contributed by atoms with E-state index in [4.69, 9.17) is 33.2 Å². The summed E-state index contributed by atoms with van der Waals surface area (Å²) in [6.07, 6.45) is -14.8. The molecule has 2 saturated heterocycles. The minimum atomic E-state index is -1.87. The number of aliphatic hydroxyl groups excluding tert-OH is 3. The molecule has 1 aromatic carbocycles. The van der Waals surface area contributed by atoms with Crippen molar-refractivity contribution < 1.29 is 67.7 Å². The molecule has 2 heterocycles. The molecule has 14 nitrogen and oxygen atoms in total. The summed E-state index contributed by atoms with van der Waals surface area (Å²) in [6, 6.07) is 7.78. The second-order valence-electron chi connectivity index (χ2n) is 9.01. The molecule has 0 radical (unpaired) electrons. The number of rotatable bonds is 8. The van der Waals surface area contributed by atoms with Crippen LogP contribution in [0.15, 0.2) is 30.3 Å². The maximum absolute atomic E-state index is 12.8. The fraction of sp³-hybridized carbons (Fsp3) is 0.600. The van der Waals surface area contributed by atoms with Crippen molar-refractivity contribution in [1.82, 2.24) is 0 Å². The molecule has 3 N–H and O–H groups in total. The summed E-state index contributed by atoms with van der Waals surface area (Å²) < 4.78 is 38.3. The fourth-order valence-corrected chi connectivity index (χ4v) is 4.34. The zero-order valence-corrected chi connectivity index (χ0v) is 21.7. The number of benzene rings is 1. The molecule has 0 spiro atoms. The quantitative estimate of drug-likeness (QED) is 0.266. The van der Waals surface area contributed by atoms with Crippen molar-refractivity contribution >= 4 is 23.9 Å². The monoisotopic (exact) mass is 556 g/mol. The van der Waals surface area contributed by atoms with E-state index in [1.165, 1.54) is 19.1 Å². The third kappa shape index (κ3) is 7.50. The summed E-state index contributed by atoms with van der Waals surface area (Å²) in [4.78, 5) is 48.4. The summed E-state index contributed by atoms with van der Waals surface area (Å²) in [5, 5.41) is 31.1. The first-order chi connectivity index (χ1) is 18.4. The lowest BCUT2D eigenvalue weighted by atomic mass is 9.96.